The van der Waals surface area contributed by atoms with Crippen LogP contribution < -0.4 is 4.74 Å². The third kappa shape index (κ3) is 5.01. The van der Waals surface area contributed by atoms with Crippen LogP contribution in [0.1, 0.15) is 11.1 Å². The second-order valence-electron chi connectivity index (χ2n) is 6.41. The van der Waals surface area contributed by atoms with Crippen LogP contribution in [0.5, 0.6) is 11.5 Å². The highest BCUT2D eigenvalue weighted by atomic mass is 19.4. The average molecular weight is 523 g/mol. The Morgan fingerprint density at radius 3 is 1.49 bits per heavy atom. The van der Waals surface area contributed by atoms with Gasteiger partial charge in [0.25, 0.3) is 17.8 Å². The number of nitro benzene ring substituents is 3. The number of alkyl halides is 9. The lowest BCUT2D eigenvalue weighted by molar-refractivity contribution is -0.396. The van der Waals surface area contributed by atoms with Crippen LogP contribution in [-0.2, 0) is 11.8 Å². The summed E-state index contributed by atoms with van der Waals surface area (Å²) >= 11 is 0. The number of hydrogen-bond acceptors (Lipinski definition) is 7. The summed E-state index contributed by atoms with van der Waals surface area (Å²) < 4.78 is 122. The van der Waals surface area contributed by atoms with Gasteiger partial charge in [0, 0.05) is 23.8 Å². The van der Waals surface area contributed by atoms with Gasteiger partial charge < -0.3 is 4.74 Å². The highest BCUT2D eigenvalue weighted by Crippen LogP contribution is 2.50. The molecule has 0 bridgehead atoms. The normalized spacial score (nSPS) is 13.9. The van der Waals surface area contributed by atoms with Crippen molar-refractivity contribution in [1.29, 1.82) is 0 Å². The van der Waals surface area contributed by atoms with Gasteiger partial charge in [-0.05, 0) is 6.07 Å². The van der Waals surface area contributed by atoms with E-state index in [9.17, 15) is 69.9 Å². The summed E-state index contributed by atoms with van der Waals surface area (Å²) in [5.41, 5.74) is -14.5. The van der Waals surface area contributed by atoms with Crippen LogP contribution in [0.3, 0.4) is 0 Å². The summed E-state index contributed by atoms with van der Waals surface area (Å²) in [7, 11) is 0. The lowest BCUT2D eigenvalue weighted by Gasteiger charge is -2.27. The lowest BCUT2D eigenvalue weighted by atomic mass is 9.94. The van der Waals surface area contributed by atoms with Crippen LogP contribution in [0.25, 0.3) is 0 Å². The number of hydrogen-bond donors (Lipinski definition) is 0. The largest absolute Gasteiger partial charge is 0.437 e. The van der Waals surface area contributed by atoms with Gasteiger partial charge in [-0.3, -0.25) is 30.3 Å². The molecule has 0 aliphatic heterocycles. The minimum Gasteiger partial charge on any atom is -0.437 e. The zero-order chi connectivity index (χ0) is 27.1. The summed E-state index contributed by atoms with van der Waals surface area (Å²) in [5.74, 6) is -2.98. The van der Waals surface area contributed by atoms with E-state index < -0.39 is 78.9 Å². The Morgan fingerprint density at radius 1 is 0.714 bits per heavy atom. The summed E-state index contributed by atoms with van der Waals surface area (Å²) in [5, 5.41) is 33.7. The SMILES string of the molecule is O=[N+]([O-])c1cc(C(F)(C(F)F)C(F)(F)F)ccc1Oc1c([N+](=O)[O-])cc(C(F)(F)F)cc1[N+](=O)[O-]. The first-order valence-corrected chi connectivity index (χ1v) is 8.37. The van der Waals surface area contributed by atoms with Gasteiger partial charge in [-0.1, -0.05) is 6.07 Å². The number of rotatable bonds is 7. The van der Waals surface area contributed by atoms with E-state index in [0.717, 1.165) is 0 Å². The monoisotopic (exact) mass is 523 g/mol. The molecule has 0 radical (unpaired) electrons. The molecule has 35 heavy (non-hydrogen) atoms. The molecule has 0 heterocycles. The molecule has 10 nitrogen and oxygen atoms in total. The quantitative estimate of drug-likeness (QED) is 0.239. The van der Waals surface area contributed by atoms with E-state index in [-0.39, 0.29) is 30.3 Å². The summed E-state index contributed by atoms with van der Waals surface area (Å²) in [6, 6.07) is -0.841. The Kier molecular flexibility index (Phi) is 6.86. The Labute approximate surface area is 185 Å². The molecule has 1 unspecified atom stereocenters. The summed E-state index contributed by atoms with van der Waals surface area (Å²) in [6.07, 6.45) is -16.4. The van der Waals surface area contributed by atoms with E-state index >= 15 is 0 Å². The molecule has 190 valence electrons. The number of nitrogens with zero attached hydrogens (tertiary/aromatic N) is 3. The molecule has 2 aromatic carbocycles. The highest BCUT2D eigenvalue weighted by Gasteiger charge is 2.64. The van der Waals surface area contributed by atoms with E-state index in [4.69, 9.17) is 0 Å². The van der Waals surface area contributed by atoms with Crippen LogP contribution in [0.4, 0.5) is 56.6 Å². The van der Waals surface area contributed by atoms with Crippen molar-refractivity contribution < 1.29 is 59.0 Å². The number of halogens is 9. The number of ether oxygens (including phenoxy) is 1. The van der Waals surface area contributed by atoms with Crippen molar-refractivity contribution >= 4 is 17.1 Å². The van der Waals surface area contributed by atoms with Crippen molar-refractivity contribution in [3.63, 3.8) is 0 Å². The first kappa shape index (κ1) is 27.1. The van der Waals surface area contributed by atoms with Crippen LogP contribution >= 0.6 is 0 Å². The Hall–Kier alpha value is -4.19. The van der Waals surface area contributed by atoms with Crippen LogP contribution in [0, 0.1) is 30.3 Å². The van der Waals surface area contributed by atoms with Crippen molar-refractivity contribution in [1.82, 2.24) is 0 Å². The molecule has 1 atom stereocenters. The Balaban J connectivity index is 2.80. The average Bonchev–Trinajstić information content (AvgIpc) is 2.70. The van der Waals surface area contributed by atoms with Gasteiger partial charge in [0.1, 0.15) is 0 Å². The molecule has 0 aliphatic carbocycles. The summed E-state index contributed by atoms with van der Waals surface area (Å²) in [4.78, 5) is 28.9. The maximum Gasteiger partial charge on any atom is 0.432 e. The van der Waals surface area contributed by atoms with E-state index in [1.807, 2.05) is 0 Å². The minimum absolute atomic E-state index is 0.0566. The van der Waals surface area contributed by atoms with E-state index in [1.165, 1.54) is 0 Å². The second-order valence-corrected chi connectivity index (χ2v) is 6.41. The summed E-state index contributed by atoms with van der Waals surface area (Å²) in [6.45, 7) is 0. The molecule has 2 aromatic rings. The molecule has 0 amide bonds. The molecular formula is C16H6F9N3O7. The maximum atomic E-state index is 14.2. The van der Waals surface area contributed by atoms with Gasteiger partial charge in [-0.15, -0.1) is 0 Å². The Morgan fingerprint density at radius 2 is 1.14 bits per heavy atom. The lowest BCUT2D eigenvalue weighted by Crippen LogP contribution is -2.44. The fourth-order valence-corrected chi connectivity index (χ4v) is 2.63. The van der Waals surface area contributed by atoms with Crippen molar-refractivity contribution in [2.45, 2.75) is 24.4 Å². The van der Waals surface area contributed by atoms with Crippen molar-refractivity contribution in [3.05, 3.63) is 71.8 Å². The smallest absolute Gasteiger partial charge is 0.432 e. The zero-order valence-electron chi connectivity index (χ0n) is 16.1. The van der Waals surface area contributed by atoms with Gasteiger partial charge in [-0.25, -0.2) is 13.2 Å². The van der Waals surface area contributed by atoms with Gasteiger partial charge in [-0.2, -0.15) is 26.3 Å². The molecular weight excluding hydrogens is 517 g/mol. The predicted molar refractivity (Wildman–Crippen MR) is 92.8 cm³/mol. The van der Waals surface area contributed by atoms with E-state index in [0.29, 0.717) is 0 Å². The van der Waals surface area contributed by atoms with Crippen molar-refractivity contribution in [2.24, 2.45) is 0 Å². The van der Waals surface area contributed by atoms with E-state index in [1.54, 1.807) is 0 Å². The van der Waals surface area contributed by atoms with Gasteiger partial charge in [0.2, 0.25) is 5.75 Å². The molecule has 0 fully saturated rings. The predicted octanol–water partition coefficient (Wildman–Crippen LogP) is 6.21. The minimum atomic E-state index is -6.28. The first-order chi connectivity index (χ1) is 15.8. The molecule has 0 aromatic heterocycles. The maximum absolute atomic E-state index is 14.2. The third-order valence-corrected chi connectivity index (χ3v) is 4.27. The van der Waals surface area contributed by atoms with Crippen LogP contribution in [-0.4, -0.2) is 27.4 Å². The van der Waals surface area contributed by atoms with Gasteiger partial charge >= 0.3 is 29.4 Å². The number of benzene rings is 2. The molecule has 0 spiro atoms. The molecule has 0 aliphatic rings. The fraction of sp³-hybridized carbons (Fsp3) is 0.250. The van der Waals surface area contributed by atoms with E-state index in [2.05, 4.69) is 4.74 Å². The van der Waals surface area contributed by atoms with Gasteiger partial charge in [0.05, 0.1) is 20.3 Å². The first-order valence-electron chi connectivity index (χ1n) is 8.37. The molecule has 0 N–H and O–H groups in total. The molecule has 0 saturated heterocycles. The number of nitro groups is 3. The van der Waals surface area contributed by atoms with Crippen LogP contribution in [0.15, 0.2) is 30.3 Å². The second kappa shape index (κ2) is 8.87. The third-order valence-electron chi connectivity index (χ3n) is 4.27. The molecule has 0 saturated carbocycles. The van der Waals surface area contributed by atoms with Crippen molar-refractivity contribution in [2.75, 3.05) is 0 Å². The molecule has 2 rings (SSSR count). The standard InChI is InChI=1S/C16H6F9N3O7/c17-13(18)14(19,16(23,24)25)6-1-2-11(8(3-6)26(29)30)35-12-9(27(31)32)4-7(15(20,21)22)5-10(12)28(33)34/h1-5,13H. The topological polar surface area (TPSA) is 139 Å². The van der Waals surface area contributed by atoms with Crippen molar-refractivity contribution in [3.8, 4) is 11.5 Å². The Bertz CT molecular complexity index is 1170. The fourth-order valence-electron chi connectivity index (χ4n) is 2.63. The zero-order valence-corrected chi connectivity index (χ0v) is 16.1. The highest BCUT2D eigenvalue weighted by molar-refractivity contribution is 5.65. The molecule has 19 heteroatoms. The van der Waals surface area contributed by atoms with Crippen LogP contribution in [0.2, 0.25) is 0 Å². The van der Waals surface area contributed by atoms with Gasteiger partial charge in [0.15, 0.2) is 0 Å².